The van der Waals surface area contributed by atoms with E-state index in [2.05, 4.69) is 0 Å². The summed E-state index contributed by atoms with van der Waals surface area (Å²) in [6.07, 6.45) is 0. The van der Waals surface area contributed by atoms with E-state index in [1.54, 1.807) is 4.90 Å². The van der Waals surface area contributed by atoms with E-state index in [9.17, 15) is 9.59 Å². The molecule has 90 valence electrons. The molecule has 0 aromatic heterocycles. The predicted octanol–water partition coefficient (Wildman–Crippen LogP) is 1.69. The molecule has 0 saturated carbocycles. The minimum Gasteiger partial charge on any atom is -0.318 e. The number of carbonyl (C=O) groups excluding carboxylic acids is 2. The smallest absolute Gasteiger partial charge is 0.318 e. The molecule has 17 heavy (non-hydrogen) atoms. The second-order valence-corrected chi connectivity index (χ2v) is 4.14. The molecular formula is C12H13ClN2O2. The molecule has 0 bridgehead atoms. The molecular weight excluding hydrogens is 240 g/mol. The van der Waals surface area contributed by atoms with Gasteiger partial charge in [0.25, 0.3) is 0 Å². The highest BCUT2D eigenvalue weighted by Gasteiger charge is 2.32. The molecule has 3 amide bonds. The fourth-order valence-electron chi connectivity index (χ4n) is 1.84. The van der Waals surface area contributed by atoms with Crippen LogP contribution in [0.1, 0.15) is 5.56 Å². The first-order valence-electron chi connectivity index (χ1n) is 5.41. The number of urea groups is 1. The maximum atomic E-state index is 11.9. The summed E-state index contributed by atoms with van der Waals surface area (Å²) in [5.41, 5.74) is 1.06. The van der Waals surface area contributed by atoms with Gasteiger partial charge in [0.2, 0.25) is 5.91 Å². The van der Waals surface area contributed by atoms with Crippen molar-refractivity contribution in [3.8, 4) is 0 Å². The lowest BCUT2D eigenvalue weighted by Crippen LogP contribution is -2.36. The first-order chi connectivity index (χ1) is 8.22. The third-order valence-electron chi connectivity index (χ3n) is 2.73. The van der Waals surface area contributed by atoms with Crippen molar-refractivity contribution >= 4 is 23.5 Å². The molecule has 5 heteroatoms. The van der Waals surface area contributed by atoms with Gasteiger partial charge in [-0.05, 0) is 5.56 Å². The Hall–Kier alpha value is -1.55. The van der Waals surface area contributed by atoms with E-state index in [1.165, 1.54) is 4.90 Å². The summed E-state index contributed by atoms with van der Waals surface area (Å²) in [4.78, 5) is 26.1. The van der Waals surface area contributed by atoms with Gasteiger partial charge < -0.3 is 4.90 Å². The topological polar surface area (TPSA) is 40.6 Å². The Morgan fingerprint density at radius 3 is 2.59 bits per heavy atom. The monoisotopic (exact) mass is 252 g/mol. The first kappa shape index (κ1) is 11.9. The lowest BCUT2D eigenvalue weighted by atomic mass is 10.2. The zero-order chi connectivity index (χ0) is 12.3. The average Bonchev–Trinajstić information content (AvgIpc) is 2.72. The van der Waals surface area contributed by atoms with Crippen LogP contribution < -0.4 is 0 Å². The number of hydrogen-bond donors (Lipinski definition) is 0. The Morgan fingerprint density at radius 2 is 1.94 bits per heavy atom. The molecule has 1 aliphatic heterocycles. The van der Waals surface area contributed by atoms with Gasteiger partial charge in [0.1, 0.15) is 5.88 Å². The van der Waals surface area contributed by atoms with Gasteiger partial charge in [0, 0.05) is 19.6 Å². The number of hydrogen-bond acceptors (Lipinski definition) is 2. The van der Waals surface area contributed by atoms with E-state index in [0.29, 0.717) is 19.6 Å². The normalized spacial score (nSPS) is 15.5. The van der Waals surface area contributed by atoms with E-state index in [1.807, 2.05) is 30.3 Å². The van der Waals surface area contributed by atoms with Crippen LogP contribution >= 0.6 is 11.6 Å². The van der Waals surface area contributed by atoms with Crippen LogP contribution in [0.25, 0.3) is 0 Å². The molecule has 1 aliphatic rings. The predicted molar refractivity (Wildman–Crippen MR) is 64.7 cm³/mol. The minimum atomic E-state index is -0.327. The standard InChI is InChI=1S/C12H13ClN2O2/c13-8-11(16)15-7-6-14(12(15)17)9-10-4-2-1-3-5-10/h1-5H,6-9H2. The van der Waals surface area contributed by atoms with Gasteiger partial charge in [-0.1, -0.05) is 30.3 Å². The van der Waals surface area contributed by atoms with Gasteiger partial charge in [-0.25, -0.2) is 4.79 Å². The first-order valence-corrected chi connectivity index (χ1v) is 5.95. The Kier molecular flexibility index (Phi) is 3.64. The van der Waals surface area contributed by atoms with Crippen LogP contribution in [0.2, 0.25) is 0 Å². The van der Waals surface area contributed by atoms with Crippen molar-refractivity contribution in [2.75, 3.05) is 19.0 Å². The number of rotatable bonds is 3. The molecule has 1 fully saturated rings. The molecule has 2 rings (SSSR count). The number of alkyl halides is 1. The van der Waals surface area contributed by atoms with Crippen molar-refractivity contribution in [1.82, 2.24) is 9.80 Å². The number of benzene rings is 1. The highest BCUT2D eigenvalue weighted by molar-refractivity contribution is 6.28. The molecule has 1 aromatic carbocycles. The van der Waals surface area contributed by atoms with Crippen LogP contribution in [0.3, 0.4) is 0 Å². The van der Waals surface area contributed by atoms with Gasteiger partial charge in [0.05, 0.1) is 0 Å². The van der Waals surface area contributed by atoms with E-state index in [-0.39, 0.29) is 17.8 Å². The Labute approximate surface area is 105 Å². The van der Waals surface area contributed by atoms with Gasteiger partial charge in [-0.3, -0.25) is 9.69 Å². The van der Waals surface area contributed by atoms with Gasteiger partial charge in [-0.2, -0.15) is 0 Å². The largest absolute Gasteiger partial charge is 0.327 e. The number of amides is 3. The van der Waals surface area contributed by atoms with Crippen LogP contribution in [0.15, 0.2) is 30.3 Å². The number of imide groups is 1. The van der Waals surface area contributed by atoms with Crippen molar-refractivity contribution in [3.63, 3.8) is 0 Å². The number of nitrogens with zero attached hydrogens (tertiary/aromatic N) is 2. The van der Waals surface area contributed by atoms with E-state index in [0.717, 1.165) is 5.56 Å². The second-order valence-electron chi connectivity index (χ2n) is 3.87. The van der Waals surface area contributed by atoms with Gasteiger partial charge in [0.15, 0.2) is 0 Å². The third kappa shape index (κ3) is 2.58. The summed E-state index contributed by atoms with van der Waals surface area (Å²) in [6, 6.07) is 9.45. The SMILES string of the molecule is O=C(CCl)N1CCN(Cc2ccccc2)C1=O. The Bertz CT molecular complexity index is 422. The van der Waals surface area contributed by atoms with Crippen LogP contribution in [-0.2, 0) is 11.3 Å². The van der Waals surface area contributed by atoms with Crippen LogP contribution in [-0.4, -0.2) is 40.7 Å². The molecule has 4 nitrogen and oxygen atoms in total. The van der Waals surface area contributed by atoms with E-state index >= 15 is 0 Å². The van der Waals surface area contributed by atoms with Crippen molar-refractivity contribution in [1.29, 1.82) is 0 Å². The number of halogens is 1. The second kappa shape index (κ2) is 5.19. The van der Waals surface area contributed by atoms with Crippen LogP contribution in [0, 0.1) is 0 Å². The van der Waals surface area contributed by atoms with Gasteiger partial charge >= 0.3 is 6.03 Å². The molecule has 0 aliphatic carbocycles. The van der Waals surface area contributed by atoms with Crippen molar-refractivity contribution in [2.45, 2.75) is 6.54 Å². The summed E-state index contributed by atoms with van der Waals surface area (Å²) in [6.45, 7) is 1.53. The van der Waals surface area contributed by atoms with Crippen molar-refractivity contribution < 1.29 is 9.59 Å². The maximum absolute atomic E-state index is 11.9. The van der Waals surface area contributed by atoms with Crippen LogP contribution in [0.5, 0.6) is 0 Å². The van der Waals surface area contributed by atoms with Crippen molar-refractivity contribution in [3.05, 3.63) is 35.9 Å². The summed E-state index contributed by atoms with van der Waals surface area (Å²) in [5, 5.41) is 0. The third-order valence-corrected chi connectivity index (χ3v) is 2.96. The number of carbonyl (C=O) groups is 2. The van der Waals surface area contributed by atoms with E-state index < -0.39 is 0 Å². The van der Waals surface area contributed by atoms with Crippen molar-refractivity contribution in [2.24, 2.45) is 0 Å². The fourth-order valence-corrected chi connectivity index (χ4v) is 1.98. The summed E-state index contributed by atoms with van der Waals surface area (Å²) >= 11 is 5.44. The minimum absolute atomic E-state index is 0.148. The molecule has 0 radical (unpaired) electrons. The molecule has 0 N–H and O–H groups in total. The summed E-state index contributed by atoms with van der Waals surface area (Å²) in [7, 11) is 0. The fraction of sp³-hybridized carbons (Fsp3) is 0.333. The lowest BCUT2D eigenvalue weighted by molar-refractivity contribution is -0.125. The molecule has 1 aromatic rings. The Morgan fingerprint density at radius 1 is 1.24 bits per heavy atom. The quantitative estimate of drug-likeness (QED) is 0.768. The highest BCUT2D eigenvalue weighted by atomic mass is 35.5. The average molecular weight is 253 g/mol. The molecule has 1 saturated heterocycles. The zero-order valence-electron chi connectivity index (χ0n) is 9.30. The molecule has 0 unspecified atom stereocenters. The van der Waals surface area contributed by atoms with Gasteiger partial charge in [-0.15, -0.1) is 11.6 Å². The lowest BCUT2D eigenvalue weighted by Gasteiger charge is -2.16. The maximum Gasteiger partial charge on any atom is 0.327 e. The molecule has 1 heterocycles. The Balaban J connectivity index is 2.01. The zero-order valence-corrected chi connectivity index (χ0v) is 10.1. The molecule has 0 spiro atoms. The summed E-state index contributed by atoms with van der Waals surface area (Å²) < 4.78 is 0. The highest BCUT2D eigenvalue weighted by Crippen LogP contribution is 2.13. The van der Waals surface area contributed by atoms with Crippen LogP contribution in [0.4, 0.5) is 4.79 Å². The molecule has 0 atom stereocenters. The van der Waals surface area contributed by atoms with E-state index in [4.69, 9.17) is 11.6 Å². The summed E-state index contributed by atoms with van der Waals surface area (Å²) in [5.74, 6) is -0.475.